The average Bonchev–Trinajstić information content (AvgIpc) is 2.34. The summed E-state index contributed by atoms with van der Waals surface area (Å²) in [6, 6.07) is 1.78. The molecule has 0 fully saturated rings. The number of nitrogens with one attached hydrogen (secondary N) is 2. The normalized spacial score (nSPS) is 9.11. The van der Waals surface area contributed by atoms with Crippen molar-refractivity contribution in [2.24, 2.45) is 4.14 Å². The molecule has 1 aromatic heterocycles. The Morgan fingerprint density at radius 1 is 1.67 bits per heavy atom. The van der Waals surface area contributed by atoms with E-state index >= 15 is 0 Å². The molecule has 0 aromatic carbocycles. The summed E-state index contributed by atoms with van der Waals surface area (Å²) in [6.07, 6.45) is 3.36. The van der Waals surface area contributed by atoms with Gasteiger partial charge in [0.1, 0.15) is 0 Å². The van der Waals surface area contributed by atoms with Gasteiger partial charge in [0.2, 0.25) is 0 Å². The summed E-state index contributed by atoms with van der Waals surface area (Å²) >= 11 is 3.98. The Kier molecular flexibility index (Phi) is 2.36. The van der Waals surface area contributed by atoms with E-state index in [1.807, 2.05) is 0 Å². The summed E-state index contributed by atoms with van der Waals surface area (Å²) < 4.78 is 3.21. The van der Waals surface area contributed by atoms with Crippen molar-refractivity contribution < 1.29 is 15.3 Å². The van der Waals surface area contributed by atoms with Crippen LogP contribution in [0.3, 0.4) is 0 Å². The van der Waals surface area contributed by atoms with Gasteiger partial charge in [-0.2, -0.15) is 0 Å². The van der Waals surface area contributed by atoms with Gasteiger partial charge in [0.05, 0.1) is 0 Å². The molecule has 2 N–H and O–H groups in total. The molecule has 0 spiro atoms. The van der Waals surface area contributed by atoms with Gasteiger partial charge in [-0.25, -0.2) is 0 Å². The van der Waals surface area contributed by atoms with Crippen LogP contribution < -0.4 is 11.1 Å². The first-order chi connectivity index (χ1) is 4.43. The van der Waals surface area contributed by atoms with E-state index in [0.29, 0.717) is 0 Å². The Labute approximate surface area is 59.5 Å². The summed E-state index contributed by atoms with van der Waals surface area (Å²) in [5, 5.41) is 3.80. The van der Waals surface area contributed by atoms with Crippen molar-refractivity contribution in [1.82, 2.24) is 15.4 Å². The van der Waals surface area contributed by atoms with Crippen LogP contribution in [0.15, 0.2) is 22.6 Å². The van der Waals surface area contributed by atoms with E-state index in [1.54, 1.807) is 18.5 Å². The Hall–Kier alpha value is -0.736. The number of rotatable bonds is 3. The molecule has 1 heterocycles. The first-order valence-electron chi connectivity index (χ1n) is 2.22. The van der Waals surface area contributed by atoms with Crippen molar-refractivity contribution in [3.63, 3.8) is 0 Å². The number of hydrogen-bond donors (Lipinski definition) is 2. The second-order valence-electron chi connectivity index (χ2n) is 1.24. The van der Waals surface area contributed by atoms with Crippen LogP contribution >= 0.6 is 0 Å². The molecule has 5 nitrogen and oxygen atoms in total. The molecule has 1 aromatic rings. The average molecular weight is 170 g/mol. The first-order valence-corrected chi connectivity index (χ1v) is 2.66. The van der Waals surface area contributed by atoms with E-state index < -0.39 is 0 Å². The zero-order valence-electron chi connectivity index (χ0n) is 4.39. The van der Waals surface area contributed by atoms with Crippen molar-refractivity contribution in [3.8, 4) is 0 Å². The molecular formula is C3H5N5Ni. The van der Waals surface area contributed by atoms with Crippen LogP contribution in [0.5, 0.6) is 0 Å². The number of hydrazine groups is 1. The third-order valence-corrected chi connectivity index (χ3v) is 0.815. The zero-order chi connectivity index (χ0) is 6.53. The topological polar surface area (TPSA) is 54.2 Å². The zero-order valence-corrected chi connectivity index (χ0v) is 5.38. The third kappa shape index (κ3) is 1.91. The molecule has 0 aliphatic carbocycles. The maximum atomic E-state index is 3.98. The number of aromatic nitrogens is 2. The van der Waals surface area contributed by atoms with E-state index in [4.69, 9.17) is 0 Å². The van der Waals surface area contributed by atoms with Gasteiger partial charge < -0.3 is 0 Å². The van der Waals surface area contributed by atoms with Crippen molar-refractivity contribution in [3.05, 3.63) is 18.5 Å². The van der Waals surface area contributed by atoms with Gasteiger partial charge in [0, 0.05) is 0 Å². The van der Waals surface area contributed by atoms with E-state index in [2.05, 4.69) is 35.6 Å². The molecule has 52 valence electrons. The van der Waals surface area contributed by atoms with E-state index in [0.717, 1.165) is 0 Å². The molecular weight excluding hydrogens is 165 g/mol. The molecule has 0 unspecified atom stereocenters. The summed E-state index contributed by atoms with van der Waals surface area (Å²) in [4.78, 5) is 1.45. The molecule has 0 saturated heterocycles. The van der Waals surface area contributed by atoms with Crippen molar-refractivity contribution >= 4 is 0 Å². The molecule has 1 rings (SSSR count). The van der Waals surface area contributed by atoms with E-state index in [-0.39, 0.29) is 0 Å². The molecule has 0 atom stereocenters. The van der Waals surface area contributed by atoms with Gasteiger partial charge in [0.15, 0.2) is 0 Å². The molecule has 0 radical (unpaired) electrons. The Morgan fingerprint density at radius 3 is 3.11 bits per heavy atom. The van der Waals surface area contributed by atoms with Crippen LogP contribution in [-0.4, -0.2) is 9.89 Å². The van der Waals surface area contributed by atoms with Crippen LogP contribution in [0.1, 0.15) is 0 Å². The summed E-state index contributed by atoms with van der Waals surface area (Å²) in [5.74, 6) is 0. The molecule has 0 aliphatic heterocycles. The van der Waals surface area contributed by atoms with Crippen molar-refractivity contribution in [1.29, 1.82) is 0 Å². The Bertz CT molecular complexity index is 170. The molecule has 0 aliphatic rings. The van der Waals surface area contributed by atoms with Gasteiger partial charge in [0.25, 0.3) is 0 Å². The second-order valence-corrected chi connectivity index (χ2v) is 1.47. The fourth-order valence-corrected chi connectivity index (χ4v) is 0.451. The minimum atomic E-state index is 1.45. The Morgan fingerprint density at radius 2 is 2.56 bits per heavy atom. The summed E-state index contributed by atoms with van der Waals surface area (Å²) in [7, 11) is 0. The molecule has 0 bridgehead atoms. The number of nitrogens with zero attached hydrogens (tertiary/aromatic N) is 3. The van der Waals surface area contributed by atoms with Crippen LogP contribution in [0.25, 0.3) is 0 Å². The van der Waals surface area contributed by atoms with Crippen LogP contribution in [0, 0.1) is 0 Å². The van der Waals surface area contributed by atoms with Gasteiger partial charge in [-0.1, -0.05) is 0 Å². The van der Waals surface area contributed by atoms with Crippen molar-refractivity contribution in [2.45, 2.75) is 0 Å². The van der Waals surface area contributed by atoms with Gasteiger partial charge in [-0.15, -0.1) is 0 Å². The van der Waals surface area contributed by atoms with Crippen LogP contribution in [0.4, 0.5) is 0 Å². The first kappa shape index (κ1) is 6.38. The van der Waals surface area contributed by atoms with Crippen LogP contribution in [-0.2, 0) is 15.3 Å². The number of hydrogen-bond acceptors (Lipinski definition) is 4. The fraction of sp³-hybridized carbons (Fsp3) is 0. The third-order valence-electron chi connectivity index (χ3n) is 0.704. The predicted molar refractivity (Wildman–Crippen MR) is 27.2 cm³/mol. The molecule has 6 heteroatoms. The standard InChI is InChI=1S/C3H5N5.Ni/c4-6-7-8-3-1-2-5-8;/h1-3,6-7H;. The summed E-state index contributed by atoms with van der Waals surface area (Å²) in [5.41, 5.74) is 4.93. The van der Waals surface area contributed by atoms with E-state index in [1.165, 1.54) is 4.79 Å². The van der Waals surface area contributed by atoms with Crippen molar-refractivity contribution in [2.75, 3.05) is 5.53 Å². The molecule has 9 heavy (non-hydrogen) atoms. The molecule has 0 saturated carbocycles. The monoisotopic (exact) mass is 169 g/mol. The summed E-state index contributed by atoms with van der Waals surface area (Å²) in [6.45, 7) is 0. The second kappa shape index (κ2) is 3.32. The van der Waals surface area contributed by atoms with Crippen LogP contribution in [0.2, 0.25) is 0 Å². The van der Waals surface area contributed by atoms with E-state index in [9.17, 15) is 0 Å². The SMILES string of the molecule is [Ni]=[N]NNn1cccn1. The van der Waals surface area contributed by atoms with Gasteiger partial charge in [-0.05, 0) is 0 Å². The maximum absolute atomic E-state index is 3.98. The fourth-order valence-electron chi connectivity index (χ4n) is 0.402. The van der Waals surface area contributed by atoms with Gasteiger partial charge in [-0.3, -0.25) is 0 Å². The molecule has 0 amide bonds. The van der Waals surface area contributed by atoms with Gasteiger partial charge >= 0.3 is 58.8 Å². The quantitative estimate of drug-likeness (QED) is 0.478. The Balaban J connectivity index is 2.38. The minimum absolute atomic E-state index is 1.45. The predicted octanol–water partition coefficient (Wildman–Crippen LogP) is -0.423.